The highest BCUT2D eigenvalue weighted by molar-refractivity contribution is 6.34. The number of fused-ring (bicyclic) bond motifs is 1. The number of nitrogens with two attached hydrogens (primary N) is 1. The van der Waals surface area contributed by atoms with Gasteiger partial charge in [0.1, 0.15) is 11.2 Å². The quantitative estimate of drug-likeness (QED) is 0.281. The zero-order valence-corrected chi connectivity index (χ0v) is 20.3. The highest BCUT2D eigenvalue weighted by Crippen LogP contribution is 2.24. The summed E-state index contributed by atoms with van der Waals surface area (Å²) in [6.07, 6.45) is 0.565. The molecular weight excluding hydrogens is 484 g/mol. The van der Waals surface area contributed by atoms with Crippen molar-refractivity contribution >= 4 is 45.8 Å². The predicted molar refractivity (Wildman–Crippen MR) is 138 cm³/mol. The summed E-state index contributed by atoms with van der Waals surface area (Å²) in [5.41, 5.74) is 7.96. The Labute approximate surface area is 210 Å². The van der Waals surface area contributed by atoms with Crippen molar-refractivity contribution in [1.82, 2.24) is 20.3 Å². The van der Waals surface area contributed by atoms with Gasteiger partial charge in [0.15, 0.2) is 0 Å². The molecule has 0 atom stereocenters. The van der Waals surface area contributed by atoms with E-state index in [0.29, 0.717) is 35.3 Å². The number of H-pyrrole nitrogens is 1. The molecule has 2 amide bonds. The molecule has 10 nitrogen and oxygen atoms in total. The fourth-order valence-corrected chi connectivity index (χ4v) is 3.76. The number of benzene rings is 2. The number of hydrogen-bond acceptors (Lipinski definition) is 7. The number of anilines is 2. The Hall–Kier alpha value is -4.44. The summed E-state index contributed by atoms with van der Waals surface area (Å²) in [5, 5.41) is 6.12. The van der Waals surface area contributed by atoms with Crippen molar-refractivity contribution in [2.24, 2.45) is 0 Å². The van der Waals surface area contributed by atoms with Crippen LogP contribution in [-0.4, -0.2) is 40.4 Å². The van der Waals surface area contributed by atoms with Crippen molar-refractivity contribution in [1.29, 1.82) is 0 Å². The standard InChI is InChI=1S/C25H23ClN6O4/c1-13-16-12-17(24(35)31-21(16)32-25(29-13)36-2)23(34)30-20-11-15(7-8-18(20)26)22(33)28-10-9-14-5-3-4-6-19(14)27/h3-8,11-12H,9-10,27H2,1-2H3,(H,28,33)(H,30,34)(H,29,31,32,35). The summed E-state index contributed by atoms with van der Waals surface area (Å²) in [6.45, 7) is 2.08. The minimum Gasteiger partial charge on any atom is -0.467 e. The number of rotatable bonds is 7. The largest absolute Gasteiger partial charge is 0.467 e. The molecule has 0 saturated carbocycles. The Morgan fingerprint density at radius 2 is 1.89 bits per heavy atom. The summed E-state index contributed by atoms with van der Waals surface area (Å²) >= 11 is 6.25. The molecule has 4 rings (SSSR count). The predicted octanol–water partition coefficient (Wildman–Crippen LogP) is 3.10. The van der Waals surface area contributed by atoms with Gasteiger partial charge in [0.2, 0.25) is 0 Å². The van der Waals surface area contributed by atoms with Gasteiger partial charge >= 0.3 is 6.01 Å². The SMILES string of the molecule is COc1nc(C)c2cc(C(=O)Nc3cc(C(=O)NCCc4ccccc4N)ccc3Cl)c(=O)[nH]c2n1. The molecular formula is C25H23ClN6O4. The number of halogens is 1. The van der Waals surface area contributed by atoms with Crippen LogP contribution in [0.4, 0.5) is 11.4 Å². The van der Waals surface area contributed by atoms with Crippen LogP contribution < -0.4 is 26.7 Å². The molecule has 0 aliphatic heterocycles. The van der Waals surface area contributed by atoms with Crippen LogP contribution in [0.2, 0.25) is 5.02 Å². The van der Waals surface area contributed by atoms with Crippen LogP contribution in [-0.2, 0) is 6.42 Å². The topological polar surface area (TPSA) is 152 Å². The Kier molecular flexibility index (Phi) is 7.16. The van der Waals surface area contributed by atoms with Crippen LogP contribution in [0.25, 0.3) is 11.0 Å². The normalized spacial score (nSPS) is 10.8. The van der Waals surface area contributed by atoms with Crippen LogP contribution in [0.1, 0.15) is 32.0 Å². The van der Waals surface area contributed by atoms with E-state index in [2.05, 4.69) is 25.6 Å². The third-order valence-electron chi connectivity index (χ3n) is 5.52. The molecule has 0 unspecified atom stereocenters. The first kappa shape index (κ1) is 24.7. The summed E-state index contributed by atoms with van der Waals surface area (Å²) < 4.78 is 5.02. The molecule has 2 heterocycles. The van der Waals surface area contributed by atoms with Crippen LogP contribution >= 0.6 is 11.6 Å². The Morgan fingerprint density at radius 1 is 1.11 bits per heavy atom. The number of ether oxygens (including phenoxy) is 1. The number of aryl methyl sites for hydroxylation is 1. The molecule has 2 aromatic carbocycles. The highest BCUT2D eigenvalue weighted by Gasteiger charge is 2.17. The lowest BCUT2D eigenvalue weighted by atomic mass is 10.1. The van der Waals surface area contributed by atoms with Gasteiger partial charge in [-0.15, -0.1) is 0 Å². The van der Waals surface area contributed by atoms with Crippen molar-refractivity contribution in [2.45, 2.75) is 13.3 Å². The second kappa shape index (κ2) is 10.4. The van der Waals surface area contributed by atoms with Crippen molar-refractivity contribution < 1.29 is 14.3 Å². The summed E-state index contributed by atoms with van der Waals surface area (Å²) in [6, 6.07) is 13.4. The molecule has 0 spiro atoms. The fraction of sp³-hybridized carbons (Fsp3) is 0.160. The summed E-state index contributed by atoms with van der Waals surface area (Å²) in [4.78, 5) is 49.0. The third-order valence-corrected chi connectivity index (χ3v) is 5.85. The number of carbonyl (C=O) groups excluding carboxylic acids is 2. The van der Waals surface area contributed by atoms with Gasteiger partial charge in [-0.2, -0.15) is 9.97 Å². The van der Waals surface area contributed by atoms with E-state index in [1.54, 1.807) is 19.1 Å². The minimum absolute atomic E-state index is 0.0990. The van der Waals surface area contributed by atoms with E-state index in [-0.39, 0.29) is 33.8 Å². The number of hydrogen-bond donors (Lipinski definition) is 4. The first-order valence-corrected chi connectivity index (χ1v) is 11.3. The van der Waals surface area contributed by atoms with Crippen LogP contribution in [0.5, 0.6) is 6.01 Å². The van der Waals surface area contributed by atoms with Gasteiger partial charge in [0.25, 0.3) is 17.4 Å². The smallest absolute Gasteiger partial charge is 0.318 e. The second-order valence-corrected chi connectivity index (χ2v) is 8.33. The molecule has 0 fully saturated rings. The first-order valence-electron chi connectivity index (χ1n) is 10.9. The number of aromatic amines is 1. The second-order valence-electron chi connectivity index (χ2n) is 7.92. The summed E-state index contributed by atoms with van der Waals surface area (Å²) in [5.74, 6) is -1.05. The van der Waals surface area contributed by atoms with E-state index in [0.717, 1.165) is 5.56 Å². The Bertz CT molecular complexity index is 1540. The number of pyridine rings is 1. The number of nitrogens with zero attached hydrogens (tertiary/aromatic N) is 2. The molecule has 2 aromatic heterocycles. The van der Waals surface area contributed by atoms with E-state index < -0.39 is 11.5 Å². The zero-order valence-electron chi connectivity index (χ0n) is 19.5. The van der Waals surface area contributed by atoms with Gasteiger partial charge in [-0.25, -0.2) is 0 Å². The number of nitrogen functional groups attached to an aromatic ring is 1. The van der Waals surface area contributed by atoms with Gasteiger partial charge in [-0.3, -0.25) is 14.4 Å². The maximum atomic E-state index is 12.9. The lowest BCUT2D eigenvalue weighted by Crippen LogP contribution is -2.26. The number of nitrogens with one attached hydrogen (secondary N) is 3. The minimum atomic E-state index is -0.702. The van der Waals surface area contributed by atoms with Crippen LogP contribution in [0.15, 0.2) is 53.3 Å². The molecule has 4 aromatic rings. The molecule has 184 valence electrons. The zero-order chi connectivity index (χ0) is 25.8. The van der Waals surface area contributed by atoms with Crippen molar-refractivity contribution in [2.75, 3.05) is 24.7 Å². The van der Waals surface area contributed by atoms with Crippen molar-refractivity contribution in [3.8, 4) is 6.01 Å². The van der Waals surface area contributed by atoms with Crippen LogP contribution in [0, 0.1) is 6.92 Å². The Balaban J connectivity index is 1.51. The molecule has 11 heteroatoms. The van der Waals surface area contributed by atoms with E-state index >= 15 is 0 Å². The number of methoxy groups -OCH3 is 1. The highest BCUT2D eigenvalue weighted by atomic mass is 35.5. The number of carbonyl (C=O) groups is 2. The van der Waals surface area contributed by atoms with Crippen molar-refractivity contribution in [3.05, 3.63) is 86.3 Å². The molecule has 36 heavy (non-hydrogen) atoms. The van der Waals surface area contributed by atoms with E-state index in [1.165, 1.54) is 25.3 Å². The van der Waals surface area contributed by atoms with Gasteiger partial charge in [-0.05, 0) is 49.2 Å². The molecule has 0 bridgehead atoms. The average molecular weight is 507 g/mol. The maximum Gasteiger partial charge on any atom is 0.318 e. The maximum absolute atomic E-state index is 12.9. The van der Waals surface area contributed by atoms with E-state index in [1.807, 2.05) is 18.2 Å². The van der Waals surface area contributed by atoms with Crippen LogP contribution in [0.3, 0.4) is 0 Å². The molecule has 0 aliphatic carbocycles. The van der Waals surface area contributed by atoms with E-state index in [9.17, 15) is 14.4 Å². The third kappa shape index (κ3) is 5.28. The monoisotopic (exact) mass is 506 g/mol. The molecule has 0 radical (unpaired) electrons. The first-order chi connectivity index (χ1) is 17.3. The number of aromatic nitrogens is 3. The van der Waals surface area contributed by atoms with Gasteiger partial charge in [0.05, 0.1) is 23.5 Å². The molecule has 0 aliphatic rings. The van der Waals surface area contributed by atoms with Gasteiger partial charge < -0.3 is 26.1 Å². The number of para-hydroxylation sites is 1. The number of amides is 2. The average Bonchev–Trinajstić information content (AvgIpc) is 2.85. The molecule has 5 N–H and O–H groups in total. The van der Waals surface area contributed by atoms with Gasteiger partial charge in [-0.1, -0.05) is 29.8 Å². The fourth-order valence-electron chi connectivity index (χ4n) is 3.60. The lowest BCUT2D eigenvalue weighted by Gasteiger charge is -2.11. The van der Waals surface area contributed by atoms with Gasteiger partial charge in [0, 0.05) is 23.2 Å². The Morgan fingerprint density at radius 3 is 2.64 bits per heavy atom. The molecule has 0 saturated heterocycles. The van der Waals surface area contributed by atoms with E-state index in [4.69, 9.17) is 22.1 Å². The summed E-state index contributed by atoms with van der Waals surface area (Å²) in [7, 11) is 1.41. The lowest BCUT2D eigenvalue weighted by molar-refractivity contribution is 0.0952. The van der Waals surface area contributed by atoms with Crippen molar-refractivity contribution in [3.63, 3.8) is 0 Å².